The number of hydrogen-bond acceptors (Lipinski definition) is 6. The summed E-state index contributed by atoms with van der Waals surface area (Å²) in [6.45, 7) is 0.736. The van der Waals surface area contributed by atoms with Gasteiger partial charge in [-0.25, -0.2) is 9.78 Å². The number of carbonyl (C=O) groups is 2. The van der Waals surface area contributed by atoms with Gasteiger partial charge in [0.2, 0.25) is 5.91 Å². The molecule has 1 fully saturated rings. The zero-order valence-electron chi connectivity index (χ0n) is 19.0. The average Bonchev–Trinajstić information content (AvgIpc) is 3.38. The molecule has 5 rings (SSSR count). The highest BCUT2D eigenvalue weighted by atomic mass is 32.2. The van der Waals surface area contributed by atoms with Crippen molar-refractivity contribution in [2.75, 3.05) is 5.75 Å². The van der Waals surface area contributed by atoms with Crippen LogP contribution in [-0.2, 0) is 17.8 Å². The smallest absolute Gasteiger partial charge is 0.321 e. The molecule has 0 saturated heterocycles. The van der Waals surface area contributed by atoms with Crippen LogP contribution >= 0.6 is 11.8 Å². The van der Waals surface area contributed by atoms with Crippen molar-refractivity contribution in [3.8, 4) is 17.1 Å². The van der Waals surface area contributed by atoms with Crippen molar-refractivity contribution < 1.29 is 9.59 Å². The van der Waals surface area contributed by atoms with Crippen LogP contribution in [0.1, 0.15) is 50.6 Å². The highest BCUT2D eigenvalue weighted by Gasteiger charge is 2.27. The second-order valence-corrected chi connectivity index (χ2v) is 9.79. The quantitative estimate of drug-likeness (QED) is 0.429. The summed E-state index contributed by atoms with van der Waals surface area (Å²) in [4.78, 5) is 42.5. The maximum absolute atomic E-state index is 13.3. The first-order chi connectivity index (χ1) is 16.6. The predicted octanol–water partition coefficient (Wildman–Crippen LogP) is 3.12. The Hall–Kier alpha value is -3.14. The van der Waals surface area contributed by atoms with Crippen molar-refractivity contribution in [3.63, 3.8) is 0 Å². The lowest BCUT2D eigenvalue weighted by Crippen LogP contribution is -2.44. The van der Waals surface area contributed by atoms with Gasteiger partial charge in [-0.1, -0.05) is 49.2 Å². The van der Waals surface area contributed by atoms with E-state index in [2.05, 4.69) is 25.3 Å². The lowest BCUT2D eigenvalue weighted by atomic mass is 10.1. The van der Waals surface area contributed by atoms with E-state index in [-0.39, 0.29) is 23.3 Å². The summed E-state index contributed by atoms with van der Waals surface area (Å²) in [5, 5.41) is 10.5. The summed E-state index contributed by atoms with van der Waals surface area (Å²) in [6, 6.07) is 9.03. The maximum Gasteiger partial charge on any atom is 0.321 e. The van der Waals surface area contributed by atoms with Crippen LogP contribution in [0.3, 0.4) is 0 Å². The molecule has 0 aromatic heterocycles. The molecule has 1 aromatic carbocycles. The molecule has 3 heterocycles. The second-order valence-electron chi connectivity index (χ2n) is 8.85. The largest absolute Gasteiger partial charge is 0.335 e. The maximum atomic E-state index is 13.3. The normalized spacial score (nSPS) is 16.2. The summed E-state index contributed by atoms with van der Waals surface area (Å²) in [5.41, 5.74) is 2.00. The minimum absolute atomic E-state index is 0.0552. The van der Waals surface area contributed by atoms with E-state index in [1.54, 1.807) is 0 Å². The zero-order chi connectivity index (χ0) is 23.5. The van der Waals surface area contributed by atoms with E-state index in [1.165, 1.54) is 16.4 Å². The molecule has 1 aliphatic carbocycles. The average molecular weight is 481 g/mol. The van der Waals surface area contributed by atoms with Gasteiger partial charge in [-0.15, -0.1) is 5.10 Å². The first-order valence-corrected chi connectivity index (χ1v) is 12.9. The van der Waals surface area contributed by atoms with Crippen LogP contribution in [-0.4, -0.2) is 43.1 Å². The number of rotatable bonds is 5. The van der Waals surface area contributed by atoms with Crippen LogP contribution in [0.4, 0.5) is 4.79 Å². The van der Waals surface area contributed by atoms with Crippen LogP contribution in [0.2, 0.25) is 0 Å². The van der Waals surface area contributed by atoms with Gasteiger partial charge in [0.25, 0.3) is 5.56 Å². The highest BCUT2D eigenvalue weighted by molar-refractivity contribution is 7.99. The molecular weight excluding hydrogens is 452 g/mol. The van der Waals surface area contributed by atoms with E-state index in [1.807, 2.05) is 30.3 Å². The molecule has 1 aromatic rings. The summed E-state index contributed by atoms with van der Waals surface area (Å²) >= 11 is 1.27. The Morgan fingerprint density at radius 1 is 1.06 bits per heavy atom. The molecule has 0 radical (unpaired) electrons. The van der Waals surface area contributed by atoms with Crippen molar-refractivity contribution in [2.24, 2.45) is 0 Å². The molecule has 178 valence electrons. The molecule has 3 aliphatic heterocycles. The predicted molar refractivity (Wildman–Crippen MR) is 129 cm³/mol. The van der Waals surface area contributed by atoms with Gasteiger partial charge in [0.05, 0.1) is 11.4 Å². The standard InChI is InChI=1S/C24H28N6O3S/c31-19(26-23(33)25-16-9-6-7-10-16)15-34-24-27-21-20(18-13-5-2-8-14-29(18)24)22(32)30(28-21)17-11-3-1-4-12-17/h1,3-4,11-12,16H,2,5-10,13-15H2,(H2,25,26,31,33). The summed E-state index contributed by atoms with van der Waals surface area (Å²) in [7, 11) is 0. The van der Waals surface area contributed by atoms with E-state index < -0.39 is 6.03 Å². The lowest BCUT2D eigenvalue weighted by Gasteiger charge is -2.17. The third kappa shape index (κ3) is 4.72. The van der Waals surface area contributed by atoms with E-state index in [4.69, 9.17) is 0 Å². The van der Waals surface area contributed by atoms with Gasteiger partial charge in [-0.05, 0) is 44.2 Å². The van der Waals surface area contributed by atoms with E-state index in [0.717, 1.165) is 63.6 Å². The Kier molecular flexibility index (Phi) is 6.66. The Labute approximate surface area is 201 Å². The second kappa shape index (κ2) is 10.0. The molecule has 10 heteroatoms. The number of urea groups is 1. The van der Waals surface area contributed by atoms with E-state index in [9.17, 15) is 14.4 Å². The minimum Gasteiger partial charge on any atom is -0.335 e. The number of nitrogens with one attached hydrogen (secondary N) is 2. The Morgan fingerprint density at radius 2 is 1.85 bits per heavy atom. The molecule has 0 bridgehead atoms. The number of para-hydroxylation sites is 1. The number of aromatic nitrogens is 4. The van der Waals surface area contributed by atoms with Crippen LogP contribution in [0.25, 0.3) is 17.1 Å². The topological polar surface area (TPSA) is 111 Å². The van der Waals surface area contributed by atoms with Gasteiger partial charge in [-0.3, -0.25) is 14.9 Å². The molecule has 34 heavy (non-hydrogen) atoms. The van der Waals surface area contributed by atoms with Gasteiger partial charge in [-0.2, -0.15) is 4.68 Å². The first-order valence-electron chi connectivity index (χ1n) is 11.9. The number of benzene rings is 1. The molecule has 9 nitrogen and oxygen atoms in total. The Balaban J connectivity index is 1.39. The molecule has 1 saturated carbocycles. The number of nitrogens with zero attached hydrogens (tertiary/aromatic N) is 4. The molecule has 3 amide bonds. The number of amides is 3. The van der Waals surface area contributed by atoms with Gasteiger partial charge >= 0.3 is 6.03 Å². The third-order valence-corrected chi connectivity index (χ3v) is 7.42. The van der Waals surface area contributed by atoms with Gasteiger partial charge in [0.15, 0.2) is 11.0 Å². The van der Waals surface area contributed by atoms with Gasteiger partial charge < -0.3 is 9.88 Å². The number of fused-ring (bicyclic) bond motifs is 3. The number of imide groups is 1. The lowest BCUT2D eigenvalue weighted by molar-refractivity contribution is -0.117. The summed E-state index contributed by atoms with van der Waals surface area (Å²) in [6.07, 6.45) is 7.93. The van der Waals surface area contributed by atoms with Crippen molar-refractivity contribution in [1.29, 1.82) is 0 Å². The zero-order valence-corrected chi connectivity index (χ0v) is 19.8. The molecule has 2 N–H and O–H groups in total. The van der Waals surface area contributed by atoms with Gasteiger partial charge in [0, 0.05) is 18.3 Å². The third-order valence-electron chi connectivity index (χ3n) is 6.44. The van der Waals surface area contributed by atoms with Crippen LogP contribution in [0.15, 0.2) is 40.3 Å². The SMILES string of the molecule is O=C(CSc1nc2nn(-c3ccccc3)c(=O)c-2c2n1CCCCC2)NC(=O)NC1CCCC1. The van der Waals surface area contributed by atoms with Crippen molar-refractivity contribution in [1.82, 2.24) is 30.0 Å². The molecule has 0 spiro atoms. The summed E-state index contributed by atoms with van der Waals surface area (Å²) < 4.78 is 3.46. The molecule has 0 atom stereocenters. The summed E-state index contributed by atoms with van der Waals surface area (Å²) in [5.74, 6) is 0.0771. The number of thioether (sulfide) groups is 1. The van der Waals surface area contributed by atoms with Crippen LogP contribution < -0.4 is 16.2 Å². The Bertz CT molecular complexity index is 1220. The van der Waals surface area contributed by atoms with E-state index >= 15 is 0 Å². The van der Waals surface area contributed by atoms with Crippen molar-refractivity contribution >= 4 is 23.7 Å². The molecule has 0 unspecified atom stereocenters. The fourth-order valence-electron chi connectivity index (χ4n) is 4.79. The molecular formula is C24H28N6O3S. The number of carbonyl (C=O) groups excluding carboxylic acids is 2. The fraction of sp³-hybridized carbons (Fsp3) is 0.458. The van der Waals surface area contributed by atoms with E-state index in [0.29, 0.717) is 22.2 Å². The molecule has 4 aliphatic rings. The fourth-order valence-corrected chi connectivity index (χ4v) is 5.63. The monoisotopic (exact) mass is 480 g/mol. The Morgan fingerprint density at radius 3 is 2.65 bits per heavy atom. The minimum atomic E-state index is -0.440. The first kappa shape index (κ1) is 22.6. The van der Waals surface area contributed by atoms with Crippen molar-refractivity contribution in [3.05, 3.63) is 46.4 Å². The van der Waals surface area contributed by atoms with Gasteiger partial charge in [0.1, 0.15) is 5.56 Å². The van der Waals surface area contributed by atoms with Crippen LogP contribution in [0, 0.1) is 0 Å². The number of hydrogen-bond donors (Lipinski definition) is 2. The van der Waals surface area contributed by atoms with Crippen LogP contribution in [0.5, 0.6) is 0 Å². The van der Waals surface area contributed by atoms with Crippen molar-refractivity contribution in [2.45, 2.75) is 69.1 Å². The highest BCUT2D eigenvalue weighted by Crippen LogP contribution is 2.30.